The van der Waals surface area contributed by atoms with Crippen LogP contribution in [0, 0.1) is 11.8 Å². The van der Waals surface area contributed by atoms with Crippen LogP contribution < -0.4 is 5.73 Å². The van der Waals surface area contributed by atoms with E-state index in [0.717, 1.165) is 10.0 Å². The van der Waals surface area contributed by atoms with Crippen molar-refractivity contribution in [2.24, 2.45) is 5.73 Å². The van der Waals surface area contributed by atoms with Gasteiger partial charge in [0.25, 0.3) is 0 Å². The van der Waals surface area contributed by atoms with Gasteiger partial charge in [-0.25, -0.2) is 0 Å². The lowest BCUT2D eigenvalue weighted by Crippen LogP contribution is -2.09. The number of halogens is 2. The minimum Gasteiger partial charge on any atom is -0.323 e. The van der Waals surface area contributed by atoms with Crippen molar-refractivity contribution in [3.63, 3.8) is 0 Å². The molecule has 2 N–H and O–H groups in total. The molecule has 1 aromatic rings. The van der Waals surface area contributed by atoms with Gasteiger partial charge in [-0.2, -0.15) is 0 Å². The Labute approximate surface area is 97.8 Å². The first kappa shape index (κ1) is 11.6. The van der Waals surface area contributed by atoms with Gasteiger partial charge in [-0.3, -0.25) is 0 Å². The van der Waals surface area contributed by atoms with Crippen LogP contribution in [-0.2, 0) is 0 Å². The van der Waals surface area contributed by atoms with Crippen LogP contribution in [0.1, 0.15) is 24.9 Å². The average molecular weight is 273 g/mol. The van der Waals surface area contributed by atoms with Crippen LogP contribution in [0.15, 0.2) is 22.7 Å². The van der Waals surface area contributed by atoms with Gasteiger partial charge in [0.05, 0.1) is 0 Å². The number of nitrogens with two attached hydrogens (primary N) is 1. The van der Waals surface area contributed by atoms with E-state index in [1.165, 1.54) is 0 Å². The molecule has 0 saturated heterocycles. The molecule has 74 valence electrons. The lowest BCUT2D eigenvalue weighted by atomic mass is 10.1. The van der Waals surface area contributed by atoms with Crippen LogP contribution >= 0.6 is 27.5 Å². The van der Waals surface area contributed by atoms with Crippen molar-refractivity contribution < 1.29 is 0 Å². The third-order valence-electron chi connectivity index (χ3n) is 1.86. The second-order valence-electron chi connectivity index (χ2n) is 2.90. The fourth-order valence-electron chi connectivity index (χ4n) is 1.12. The molecule has 0 heterocycles. The van der Waals surface area contributed by atoms with E-state index >= 15 is 0 Å². The summed E-state index contributed by atoms with van der Waals surface area (Å²) in [7, 11) is 0. The minimum absolute atomic E-state index is 0.0610. The Kier molecular flexibility index (Phi) is 4.47. The predicted octanol–water partition coefficient (Wildman–Crippen LogP) is 3.52. The van der Waals surface area contributed by atoms with E-state index < -0.39 is 0 Å². The number of hydrogen-bond acceptors (Lipinski definition) is 1. The molecule has 1 aromatic carbocycles. The number of benzene rings is 1. The van der Waals surface area contributed by atoms with Gasteiger partial charge >= 0.3 is 0 Å². The molecule has 0 fully saturated rings. The van der Waals surface area contributed by atoms with Gasteiger partial charge in [0.15, 0.2) is 0 Å². The Hall–Kier alpha value is -0.490. The van der Waals surface area contributed by atoms with Gasteiger partial charge in [-0.1, -0.05) is 33.6 Å². The van der Waals surface area contributed by atoms with Gasteiger partial charge in [-0.05, 0) is 24.6 Å². The summed E-state index contributed by atoms with van der Waals surface area (Å²) < 4.78 is 0.940. The Balaban J connectivity index is 2.88. The molecule has 1 nitrogen and oxygen atoms in total. The quantitative estimate of drug-likeness (QED) is 0.819. The average Bonchev–Trinajstić information content (AvgIpc) is 2.14. The van der Waals surface area contributed by atoms with Crippen LogP contribution in [0.25, 0.3) is 0 Å². The molecule has 0 aliphatic carbocycles. The van der Waals surface area contributed by atoms with Crippen molar-refractivity contribution in [1.29, 1.82) is 0 Å². The highest BCUT2D eigenvalue weighted by Crippen LogP contribution is 2.26. The van der Waals surface area contributed by atoms with Crippen LogP contribution in [-0.4, -0.2) is 0 Å². The summed E-state index contributed by atoms with van der Waals surface area (Å²) in [6.07, 6.45) is 0.663. The highest BCUT2D eigenvalue weighted by Gasteiger charge is 2.08. The molecule has 3 heteroatoms. The second kappa shape index (κ2) is 5.41. The Bertz CT molecular complexity index is 379. The summed E-state index contributed by atoms with van der Waals surface area (Å²) in [4.78, 5) is 0. The Morgan fingerprint density at radius 3 is 2.86 bits per heavy atom. The van der Waals surface area contributed by atoms with E-state index in [9.17, 15) is 0 Å². The molecule has 0 amide bonds. The summed E-state index contributed by atoms with van der Waals surface area (Å²) in [5.41, 5.74) is 7.00. The van der Waals surface area contributed by atoms with E-state index in [2.05, 4.69) is 27.8 Å². The summed E-state index contributed by atoms with van der Waals surface area (Å²) in [5, 5.41) is 0.703. The summed E-state index contributed by atoms with van der Waals surface area (Å²) in [6.45, 7) is 1.81. The Morgan fingerprint density at radius 2 is 2.29 bits per heavy atom. The maximum absolute atomic E-state index is 5.96. The highest BCUT2D eigenvalue weighted by atomic mass is 79.9. The highest BCUT2D eigenvalue weighted by molar-refractivity contribution is 9.10. The van der Waals surface area contributed by atoms with Crippen molar-refractivity contribution in [2.45, 2.75) is 19.4 Å². The van der Waals surface area contributed by atoms with Crippen molar-refractivity contribution in [3.05, 3.63) is 33.3 Å². The molecule has 0 radical (unpaired) electrons. The van der Waals surface area contributed by atoms with Crippen molar-refractivity contribution in [2.75, 3.05) is 0 Å². The molecular weight excluding hydrogens is 261 g/mol. The lowest BCUT2D eigenvalue weighted by Gasteiger charge is -2.10. The maximum Gasteiger partial charge on any atom is 0.0417 e. The van der Waals surface area contributed by atoms with Crippen LogP contribution in [0.4, 0.5) is 0 Å². The van der Waals surface area contributed by atoms with Gasteiger partial charge in [0.1, 0.15) is 0 Å². The van der Waals surface area contributed by atoms with E-state index in [-0.39, 0.29) is 6.04 Å². The first-order valence-electron chi connectivity index (χ1n) is 4.25. The maximum atomic E-state index is 5.96. The third kappa shape index (κ3) is 3.02. The van der Waals surface area contributed by atoms with Crippen LogP contribution in [0.5, 0.6) is 0 Å². The normalized spacial score (nSPS) is 11.7. The van der Waals surface area contributed by atoms with E-state index in [4.69, 9.17) is 17.3 Å². The first-order valence-corrected chi connectivity index (χ1v) is 5.42. The van der Waals surface area contributed by atoms with Crippen molar-refractivity contribution in [1.82, 2.24) is 0 Å². The zero-order valence-corrected chi connectivity index (χ0v) is 10.2. The zero-order valence-electron chi connectivity index (χ0n) is 7.85. The standard InChI is InChI=1S/C11H11BrClN/c1-2-3-4-11(14)9-6-5-8(13)7-10(9)12/h5-7,11H,4,14H2,1H3. The van der Waals surface area contributed by atoms with Crippen molar-refractivity contribution >= 4 is 27.5 Å². The SMILES string of the molecule is CC#CCC(N)c1ccc(Cl)cc1Br. The van der Waals surface area contributed by atoms with E-state index in [1.807, 2.05) is 25.1 Å². The first-order chi connectivity index (χ1) is 6.65. The predicted molar refractivity (Wildman–Crippen MR) is 64.1 cm³/mol. The number of rotatable bonds is 2. The van der Waals surface area contributed by atoms with E-state index in [0.29, 0.717) is 11.4 Å². The summed E-state index contributed by atoms with van der Waals surface area (Å²) in [5.74, 6) is 5.79. The molecule has 0 bridgehead atoms. The van der Waals surface area contributed by atoms with Crippen LogP contribution in [0.3, 0.4) is 0 Å². The monoisotopic (exact) mass is 271 g/mol. The van der Waals surface area contributed by atoms with Gasteiger partial charge < -0.3 is 5.73 Å². The smallest absolute Gasteiger partial charge is 0.0417 e. The molecule has 1 unspecified atom stereocenters. The summed E-state index contributed by atoms with van der Waals surface area (Å²) in [6, 6.07) is 5.54. The fourth-order valence-corrected chi connectivity index (χ4v) is 2.10. The van der Waals surface area contributed by atoms with Gasteiger partial charge in [0.2, 0.25) is 0 Å². The molecule has 0 aliphatic heterocycles. The zero-order chi connectivity index (χ0) is 10.6. The molecule has 1 rings (SSSR count). The molecule has 0 aliphatic rings. The lowest BCUT2D eigenvalue weighted by molar-refractivity contribution is 0.750. The summed E-state index contributed by atoms with van der Waals surface area (Å²) >= 11 is 9.25. The van der Waals surface area contributed by atoms with E-state index in [1.54, 1.807) is 0 Å². The topological polar surface area (TPSA) is 26.0 Å². The molecule has 1 atom stereocenters. The van der Waals surface area contributed by atoms with Gasteiger partial charge in [-0.15, -0.1) is 11.8 Å². The molecule has 0 spiro atoms. The molecule has 0 aromatic heterocycles. The number of hydrogen-bond donors (Lipinski definition) is 1. The fraction of sp³-hybridized carbons (Fsp3) is 0.273. The molecule has 14 heavy (non-hydrogen) atoms. The minimum atomic E-state index is -0.0610. The Morgan fingerprint density at radius 1 is 1.57 bits per heavy atom. The second-order valence-corrected chi connectivity index (χ2v) is 4.19. The third-order valence-corrected chi connectivity index (χ3v) is 2.78. The molecule has 0 saturated carbocycles. The van der Waals surface area contributed by atoms with Crippen LogP contribution in [0.2, 0.25) is 5.02 Å². The largest absolute Gasteiger partial charge is 0.323 e. The molecular formula is C11H11BrClN. The van der Waals surface area contributed by atoms with Crippen molar-refractivity contribution in [3.8, 4) is 11.8 Å². The van der Waals surface area contributed by atoms with Gasteiger partial charge in [0, 0.05) is 22.0 Å².